The summed E-state index contributed by atoms with van der Waals surface area (Å²) < 4.78 is 22.2. The molecule has 12 heteroatoms. The molecule has 3 aromatic rings. The Balaban J connectivity index is 1.65. The molecule has 0 heterocycles. The second-order valence-electron chi connectivity index (χ2n) is 7.24. The molecule has 0 aliphatic rings. The fourth-order valence-electron chi connectivity index (χ4n) is 3.07. The lowest BCUT2D eigenvalue weighted by Crippen LogP contribution is -2.32. The summed E-state index contributed by atoms with van der Waals surface area (Å²) in [4.78, 5) is 24.5. The summed E-state index contributed by atoms with van der Waals surface area (Å²) in [5.74, 6) is -0.213. The summed E-state index contributed by atoms with van der Waals surface area (Å²) in [7, 11) is 4.42. The minimum atomic E-state index is -0.975. The van der Waals surface area contributed by atoms with E-state index in [1.165, 1.54) is 27.5 Å². The number of nitrogens with one attached hydrogen (secondary N) is 2. The van der Waals surface area contributed by atoms with Gasteiger partial charge in [-0.2, -0.15) is 5.10 Å². The number of methoxy groups -OCH3 is 3. The molecular formula is C25H22BrCl2N3O6. The van der Waals surface area contributed by atoms with Crippen LogP contribution in [0.25, 0.3) is 0 Å². The maximum Gasteiger partial charge on any atom is 0.329 e. The molecule has 0 saturated carbocycles. The lowest BCUT2D eigenvalue weighted by Gasteiger charge is -2.14. The Kier molecular flexibility index (Phi) is 10.0. The fourth-order valence-corrected chi connectivity index (χ4v) is 4.15. The molecule has 2 N–H and O–H groups in total. The number of amides is 2. The third-order valence-corrected chi connectivity index (χ3v) is 6.21. The van der Waals surface area contributed by atoms with Crippen molar-refractivity contribution < 1.29 is 28.5 Å². The summed E-state index contributed by atoms with van der Waals surface area (Å²) >= 11 is 15.9. The van der Waals surface area contributed by atoms with Gasteiger partial charge in [-0.1, -0.05) is 29.3 Å². The highest BCUT2D eigenvalue weighted by Crippen LogP contribution is 2.38. The van der Waals surface area contributed by atoms with E-state index in [2.05, 4.69) is 31.8 Å². The summed E-state index contributed by atoms with van der Waals surface area (Å²) in [6.07, 6.45) is 1.35. The van der Waals surface area contributed by atoms with Crippen LogP contribution in [0.15, 0.2) is 58.1 Å². The van der Waals surface area contributed by atoms with E-state index >= 15 is 0 Å². The smallest absolute Gasteiger partial charge is 0.329 e. The van der Waals surface area contributed by atoms with Gasteiger partial charge in [0, 0.05) is 21.7 Å². The van der Waals surface area contributed by atoms with E-state index in [1.54, 1.807) is 48.5 Å². The number of ether oxygens (including phenoxy) is 4. The summed E-state index contributed by atoms with van der Waals surface area (Å²) in [5, 5.41) is 7.28. The molecule has 0 saturated heterocycles. The number of benzene rings is 3. The topological polar surface area (TPSA) is 107 Å². The van der Waals surface area contributed by atoms with Crippen molar-refractivity contribution in [2.24, 2.45) is 5.10 Å². The van der Waals surface area contributed by atoms with Gasteiger partial charge in [0.15, 0.2) is 11.5 Å². The minimum absolute atomic E-state index is 0.116. The molecule has 3 aromatic carbocycles. The van der Waals surface area contributed by atoms with Crippen molar-refractivity contribution in [2.45, 2.75) is 6.61 Å². The van der Waals surface area contributed by atoms with E-state index in [-0.39, 0.29) is 6.61 Å². The van der Waals surface area contributed by atoms with Gasteiger partial charge >= 0.3 is 11.8 Å². The minimum Gasteiger partial charge on any atom is -0.497 e. The molecule has 0 bridgehead atoms. The number of halogens is 3. The lowest BCUT2D eigenvalue weighted by atomic mass is 10.2. The molecule has 0 unspecified atom stereocenters. The number of carbonyl (C=O) groups is 2. The fraction of sp³-hybridized carbons (Fsp3) is 0.160. The van der Waals surface area contributed by atoms with Gasteiger partial charge in [0.05, 0.1) is 37.7 Å². The van der Waals surface area contributed by atoms with Crippen molar-refractivity contribution in [1.29, 1.82) is 0 Å². The molecule has 2 amide bonds. The lowest BCUT2D eigenvalue weighted by molar-refractivity contribution is -0.136. The molecule has 9 nitrogen and oxygen atoms in total. The number of hydrogen-bond acceptors (Lipinski definition) is 7. The largest absolute Gasteiger partial charge is 0.497 e. The van der Waals surface area contributed by atoms with E-state index in [9.17, 15) is 9.59 Å². The van der Waals surface area contributed by atoms with Crippen molar-refractivity contribution >= 4 is 62.8 Å². The van der Waals surface area contributed by atoms with Crippen LogP contribution in [-0.4, -0.2) is 39.4 Å². The quantitative estimate of drug-likeness (QED) is 0.190. The molecule has 37 heavy (non-hydrogen) atoms. The molecule has 0 atom stereocenters. The zero-order valence-corrected chi connectivity index (χ0v) is 23.0. The number of carbonyl (C=O) groups excluding carboxylic acids is 2. The number of hydrogen-bond donors (Lipinski definition) is 2. The Morgan fingerprint density at radius 3 is 2.30 bits per heavy atom. The first-order valence-corrected chi connectivity index (χ1v) is 12.1. The van der Waals surface area contributed by atoms with E-state index in [4.69, 9.17) is 42.1 Å². The molecule has 0 fully saturated rings. The van der Waals surface area contributed by atoms with Gasteiger partial charge < -0.3 is 24.3 Å². The Morgan fingerprint density at radius 1 is 0.946 bits per heavy atom. The van der Waals surface area contributed by atoms with E-state index in [1.807, 2.05) is 0 Å². The third kappa shape index (κ3) is 7.28. The molecular weight excluding hydrogens is 589 g/mol. The number of nitrogens with zero attached hydrogens (tertiary/aromatic N) is 1. The van der Waals surface area contributed by atoms with E-state index in [0.29, 0.717) is 54.3 Å². The highest BCUT2D eigenvalue weighted by Gasteiger charge is 2.17. The summed E-state index contributed by atoms with van der Waals surface area (Å²) in [5.41, 5.74) is 3.68. The van der Waals surface area contributed by atoms with E-state index < -0.39 is 11.8 Å². The average molecular weight is 611 g/mol. The van der Waals surface area contributed by atoms with Gasteiger partial charge in [-0.05, 0) is 57.9 Å². The number of hydrazone groups is 1. The molecule has 0 aromatic heterocycles. The Bertz CT molecular complexity index is 1320. The highest BCUT2D eigenvalue weighted by atomic mass is 79.9. The van der Waals surface area contributed by atoms with Crippen LogP contribution in [0.4, 0.5) is 5.69 Å². The van der Waals surface area contributed by atoms with Gasteiger partial charge in [0.2, 0.25) is 0 Å². The van der Waals surface area contributed by atoms with Gasteiger partial charge in [0.25, 0.3) is 0 Å². The first-order chi connectivity index (χ1) is 17.8. The maximum atomic E-state index is 12.3. The predicted molar refractivity (Wildman–Crippen MR) is 145 cm³/mol. The SMILES string of the molecule is COc1ccc(NC(=O)C(=O)NN=Cc2cc(Br)c(OCc3c(Cl)cccc3Cl)c(OC)c2)c(OC)c1. The van der Waals surface area contributed by atoms with Crippen molar-refractivity contribution in [1.82, 2.24) is 5.43 Å². The van der Waals surface area contributed by atoms with Crippen molar-refractivity contribution in [3.05, 3.63) is 74.2 Å². The second kappa shape index (κ2) is 13.2. The molecule has 0 aliphatic carbocycles. The van der Waals surface area contributed by atoms with Crippen LogP contribution in [0.3, 0.4) is 0 Å². The van der Waals surface area contributed by atoms with Crippen LogP contribution in [0.2, 0.25) is 10.0 Å². The number of rotatable bonds is 9. The Hall–Kier alpha value is -3.47. The van der Waals surface area contributed by atoms with Crippen LogP contribution in [-0.2, 0) is 16.2 Å². The molecule has 194 valence electrons. The van der Waals surface area contributed by atoms with Gasteiger partial charge in [-0.15, -0.1) is 0 Å². The first kappa shape index (κ1) is 28.1. The summed E-state index contributed by atoms with van der Waals surface area (Å²) in [6, 6.07) is 13.3. The van der Waals surface area contributed by atoms with Crippen molar-refractivity contribution in [3.63, 3.8) is 0 Å². The number of anilines is 1. The van der Waals surface area contributed by atoms with Crippen LogP contribution < -0.4 is 29.7 Å². The first-order valence-electron chi connectivity index (χ1n) is 10.6. The molecule has 0 radical (unpaired) electrons. The normalized spacial score (nSPS) is 10.6. The Morgan fingerprint density at radius 2 is 1.65 bits per heavy atom. The molecule has 0 aliphatic heterocycles. The maximum absolute atomic E-state index is 12.3. The van der Waals surface area contributed by atoms with E-state index in [0.717, 1.165) is 0 Å². The standard InChI is InChI=1S/C25H22BrCl2N3O6/c1-34-15-7-8-20(21(11-15)35-2)30-24(32)25(33)31-29-12-14-9-17(26)23(22(10-14)36-3)37-13-16-18(27)5-4-6-19(16)28/h4-12H,13H2,1-3H3,(H,30,32)(H,31,33). The van der Waals surface area contributed by atoms with Gasteiger partial charge in [-0.25, -0.2) is 5.43 Å². The van der Waals surface area contributed by atoms with Crippen molar-refractivity contribution in [3.8, 4) is 23.0 Å². The monoisotopic (exact) mass is 609 g/mol. The molecule has 0 spiro atoms. The zero-order chi connectivity index (χ0) is 26.9. The Labute approximate surface area is 231 Å². The predicted octanol–water partition coefficient (Wildman–Crippen LogP) is 5.45. The summed E-state index contributed by atoms with van der Waals surface area (Å²) in [6.45, 7) is 0.116. The third-order valence-electron chi connectivity index (χ3n) is 4.92. The van der Waals surface area contributed by atoms with Crippen LogP contribution in [0.1, 0.15) is 11.1 Å². The van der Waals surface area contributed by atoms with Crippen molar-refractivity contribution in [2.75, 3.05) is 26.6 Å². The second-order valence-corrected chi connectivity index (χ2v) is 8.91. The zero-order valence-electron chi connectivity index (χ0n) is 19.9. The highest BCUT2D eigenvalue weighted by molar-refractivity contribution is 9.10. The van der Waals surface area contributed by atoms with Gasteiger partial charge in [-0.3, -0.25) is 9.59 Å². The average Bonchev–Trinajstić information content (AvgIpc) is 2.89. The van der Waals surface area contributed by atoms with Gasteiger partial charge in [0.1, 0.15) is 18.1 Å². The van der Waals surface area contributed by atoms with Crippen LogP contribution >= 0.6 is 39.1 Å². The van der Waals surface area contributed by atoms with Crippen LogP contribution in [0, 0.1) is 0 Å². The van der Waals surface area contributed by atoms with Crippen LogP contribution in [0.5, 0.6) is 23.0 Å². The molecule has 3 rings (SSSR count).